The summed E-state index contributed by atoms with van der Waals surface area (Å²) in [6.45, 7) is 6.93. The number of methoxy groups -OCH3 is 1. The van der Waals surface area contributed by atoms with Crippen LogP contribution in [-0.4, -0.2) is 49.7 Å². The molecule has 100 valence electrons. The number of likely N-dealkylation sites (tertiary alicyclic amines) is 1. The van der Waals surface area contributed by atoms with Crippen LogP contribution in [0.5, 0.6) is 0 Å². The van der Waals surface area contributed by atoms with E-state index in [0.717, 1.165) is 19.4 Å². The standard InChI is InChI=1S/C7H13NO2.C5H10O2/c1-8-5-3-4-6(8)7(9)10-2;1-5(2,3)7-4-6/h6H,3-5H2,1-2H3;4H,1-3H3. The smallest absolute Gasteiger partial charge is 0.323 e. The molecule has 1 saturated heterocycles. The van der Waals surface area contributed by atoms with Crippen LogP contribution in [0.3, 0.4) is 0 Å². The van der Waals surface area contributed by atoms with Gasteiger partial charge in [0.2, 0.25) is 0 Å². The molecule has 0 aromatic rings. The lowest BCUT2D eigenvalue weighted by atomic mass is 10.2. The number of rotatable bonds is 2. The average molecular weight is 245 g/mol. The highest BCUT2D eigenvalue weighted by Gasteiger charge is 2.27. The van der Waals surface area contributed by atoms with Crippen LogP contribution in [0.2, 0.25) is 0 Å². The normalized spacial score (nSPS) is 20.2. The number of carbonyl (C=O) groups excluding carboxylic acids is 2. The Morgan fingerprint density at radius 3 is 2.24 bits per heavy atom. The summed E-state index contributed by atoms with van der Waals surface area (Å²) >= 11 is 0. The average Bonchev–Trinajstić information content (AvgIpc) is 2.62. The topological polar surface area (TPSA) is 55.8 Å². The van der Waals surface area contributed by atoms with Gasteiger partial charge in [-0.05, 0) is 47.2 Å². The van der Waals surface area contributed by atoms with Gasteiger partial charge in [-0.25, -0.2) is 0 Å². The molecule has 0 aromatic heterocycles. The Kier molecular flexibility index (Phi) is 6.80. The first-order valence-corrected chi connectivity index (χ1v) is 5.71. The largest absolute Gasteiger partial charge is 0.468 e. The first-order valence-electron chi connectivity index (χ1n) is 5.71. The number of ether oxygens (including phenoxy) is 2. The molecule has 0 amide bonds. The Bertz CT molecular complexity index is 247. The fourth-order valence-corrected chi connectivity index (χ4v) is 1.49. The van der Waals surface area contributed by atoms with Crippen molar-refractivity contribution in [2.75, 3.05) is 20.7 Å². The summed E-state index contributed by atoms with van der Waals surface area (Å²) in [6, 6.07) is 0.0185. The van der Waals surface area contributed by atoms with Gasteiger partial charge >= 0.3 is 5.97 Å². The maximum Gasteiger partial charge on any atom is 0.323 e. The van der Waals surface area contributed by atoms with Gasteiger partial charge in [-0.2, -0.15) is 0 Å². The Morgan fingerprint density at radius 2 is 2.00 bits per heavy atom. The predicted octanol–water partition coefficient (Wildman–Crippen LogP) is 1.21. The predicted molar refractivity (Wildman–Crippen MR) is 64.6 cm³/mol. The molecule has 1 fully saturated rings. The van der Waals surface area contributed by atoms with E-state index < -0.39 is 0 Å². The molecule has 0 radical (unpaired) electrons. The lowest BCUT2D eigenvalue weighted by Crippen LogP contribution is -2.33. The van der Waals surface area contributed by atoms with Crippen molar-refractivity contribution in [2.45, 2.75) is 45.3 Å². The molecule has 0 spiro atoms. The second kappa shape index (κ2) is 7.27. The number of hydrogen-bond acceptors (Lipinski definition) is 5. The third-order valence-electron chi connectivity index (χ3n) is 2.40. The Hall–Kier alpha value is -1.10. The van der Waals surface area contributed by atoms with Gasteiger partial charge in [0.05, 0.1) is 7.11 Å². The lowest BCUT2D eigenvalue weighted by Gasteiger charge is -2.15. The Balaban J connectivity index is 0.000000325. The highest BCUT2D eigenvalue weighted by Crippen LogP contribution is 2.15. The zero-order valence-electron chi connectivity index (χ0n) is 11.4. The molecule has 1 aliphatic heterocycles. The molecule has 0 aliphatic carbocycles. The lowest BCUT2D eigenvalue weighted by molar-refractivity contribution is -0.145. The van der Waals surface area contributed by atoms with Gasteiger partial charge in [0, 0.05) is 0 Å². The van der Waals surface area contributed by atoms with Crippen molar-refractivity contribution in [3.63, 3.8) is 0 Å². The van der Waals surface area contributed by atoms with Gasteiger partial charge in [-0.1, -0.05) is 0 Å². The van der Waals surface area contributed by atoms with Gasteiger partial charge in [-0.3, -0.25) is 14.5 Å². The van der Waals surface area contributed by atoms with Crippen LogP contribution in [0.15, 0.2) is 0 Å². The van der Waals surface area contributed by atoms with Crippen molar-refractivity contribution in [2.24, 2.45) is 0 Å². The minimum absolute atomic E-state index is 0.0185. The highest BCUT2D eigenvalue weighted by atomic mass is 16.5. The van der Waals surface area contributed by atoms with Gasteiger partial charge in [0.25, 0.3) is 6.47 Å². The minimum atomic E-state index is -0.318. The number of esters is 1. The van der Waals surface area contributed by atoms with E-state index in [1.54, 1.807) is 0 Å². The molecule has 0 aromatic carbocycles. The van der Waals surface area contributed by atoms with Crippen molar-refractivity contribution in [3.8, 4) is 0 Å². The zero-order chi connectivity index (χ0) is 13.5. The monoisotopic (exact) mass is 245 g/mol. The van der Waals surface area contributed by atoms with Crippen LogP contribution < -0.4 is 0 Å². The fourth-order valence-electron chi connectivity index (χ4n) is 1.49. The summed E-state index contributed by atoms with van der Waals surface area (Å²) in [5.41, 5.74) is -0.318. The number of likely N-dealkylation sites (N-methyl/N-ethyl adjacent to an activating group) is 1. The maximum atomic E-state index is 11.0. The fraction of sp³-hybridized carbons (Fsp3) is 0.833. The summed E-state index contributed by atoms with van der Waals surface area (Å²) in [6.07, 6.45) is 2.06. The number of nitrogens with zero attached hydrogens (tertiary/aromatic N) is 1. The molecule has 0 N–H and O–H groups in total. The molecule has 5 heteroatoms. The Morgan fingerprint density at radius 1 is 1.41 bits per heavy atom. The van der Waals surface area contributed by atoms with Crippen molar-refractivity contribution in [1.82, 2.24) is 4.90 Å². The second-order valence-corrected chi connectivity index (χ2v) is 4.99. The van der Waals surface area contributed by atoms with E-state index in [1.807, 2.05) is 32.7 Å². The highest BCUT2D eigenvalue weighted by molar-refractivity contribution is 5.75. The van der Waals surface area contributed by atoms with Gasteiger partial charge in [0.1, 0.15) is 11.6 Å². The summed E-state index contributed by atoms with van der Waals surface area (Å²) in [5, 5.41) is 0. The van der Waals surface area contributed by atoms with E-state index >= 15 is 0 Å². The summed E-state index contributed by atoms with van der Waals surface area (Å²) in [7, 11) is 3.39. The third-order valence-corrected chi connectivity index (χ3v) is 2.40. The van der Waals surface area contributed by atoms with E-state index in [2.05, 4.69) is 9.47 Å². The molecule has 0 saturated carbocycles. The van der Waals surface area contributed by atoms with E-state index in [4.69, 9.17) is 0 Å². The molecule has 1 atom stereocenters. The minimum Gasteiger partial charge on any atom is -0.468 e. The molecule has 17 heavy (non-hydrogen) atoms. The molecule has 5 nitrogen and oxygen atoms in total. The quantitative estimate of drug-likeness (QED) is 0.540. The molecule has 0 bridgehead atoms. The SMILES string of the molecule is CC(C)(C)OC=O.COC(=O)C1CCCN1C. The van der Waals surface area contributed by atoms with Gasteiger partial charge in [0.15, 0.2) is 0 Å². The van der Waals surface area contributed by atoms with Crippen LogP contribution in [0.25, 0.3) is 0 Å². The first kappa shape index (κ1) is 15.9. The van der Waals surface area contributed by atoms with Crippen LogP contribution in [0.1, 0.15) is 33.6 Å². The molecule has 1 heterocycles. The van der Waals surface area contributed by atoms with E-state index in [9.17, 15) is 9.59 Å². The van der Waals surface area contributed by atoms with Crippen molar-refractivity contribution >= 4 is 12.4 Å². The van der Waals surface area contributed by atoms with Crippen molar-refractivity contribution in [3.05, 3.63) is 0 Å². The van der Waals surface area contributed by atoms with E-state index in [-0.39, 0.29) is 17.6 Å². The van der Waals surface area contributed by atoms with E-state index in [1.165, 1.54) is 7.11 Å². The van der Waals surface area contributed by atoms with E-state index in [0.29, 0.717) is 6.47 Å². The first-order chi connectivity index (χ1) is 7.81. The second-order valence-electron chi connectivity index (χ2n) is 4.99. The summed E-state index contributed by atoms with van der Waals surface area (Å²) in [4.78, 5) is 22.6. The van der Waals surface area contributed by atoms with Crippen LogP contribution >= 0.6 is 0 Å². The molecular formula is C12H23NO4. The van der Waals surface area contributed by atoms with Crippen LogP contribution in [-0.2, 0) is 19.1 Å². The third kappa shape index (κ3) is 6.94. The van der Waals surface area contributed by atoms with Gasteiger partial charge in [-0.15, -0.1) is 0 Å². The summed E-state index contributed by atoms with van der Waals surface area (Å²) < 4.78 is 9.17. The van der Waals surface area contributed by atoms with Crippen molar-refractivity contribution < 1.29 is 19.1 Å². The number of hydrogen-bond donors (Lipinski definition) is 0. The molecule has 1 aliphatic rings. The maximum absolute atomic E-state index is 11.0. The summed E-state index contributed by atoms with van der Waals surface area (Å²) in [5.74, 6) is -0.0972. The molecule has 1 unspecified atom stereocenters. The van der Waals surface area contributed by atoms with Crippen LogP contribution in [0.4, 0.5) is 0 Å². The van der Waals surface area contributed by atoms with Crippen molar-refractivity contribution in [1.29, 1.82) is 0 Å². The van der Waals surface area contributed by atoms with Crippen LogP contribution in [0, 0.1) is 0 Å². The number of carbonyl (C=O) groups is 2. The Labute approximate surface area is 103 Å². The molecule has 1 rings (SSSR count). The van der Waals surface area contributed by atoms with Gasteiger partial charge < -0.3 is 9.47 Å². The molecular weight excluding hydrogens is 222 g/mol. The zero-order valence-corrected chi connectivity index (χ0v) is 11.4.